The van der Waals surface area contributed by atoms with E-state index in [0.29, 0.717) is 30.0 Å². The zero-order valence-corrected chi connectivity index (χ0v) is 26.6. The van der Waals surface area contributed by atoms with Crippen LogP contribution in [0.1, 0.15) is 68.6 Å². The summed E-state index contributed by atoms with van der Waals surface area (Å²) in [6, 6.07) is 4.12. The lowest BCUT2D eigenvalue weighted by Gasteiger charge is -2.07. The number of aliphatic carboxylic acids is 1. The molecule has 0 amide bonds. The van der Waals surface area contributed by atoms with Crippen LogP contribution >= 0.6 is 0 Å². The van der Waals surface area contributed by atoms with Crippen LogP contribution in [-0.2, 0) is 14.6 Å². The van der Waals surface area contributed by atoms with Gasteiger partial charge in [-0.15, -0.1) is 0 Å². The predicted octanol–water partition coefficient (Wildman–Crippen LogP) is 7.79. The number of benzene rings is 1. The Bertz CT molecular complexity index is 1250. The molecule has 0 spiro atoms. The van der Waals surface area contributed by atoms with Crippen LogP contribution in [0, 0.1) is 20.8 Å². The molecule has 1 aliphatic carbocycles. The van der Waals surface area contributed by atoms with Gasteiger partial charge in [-0.1, -0.05) is 55.4 Å². The minimum atomic E-state index is -2.62. The average Bonchev–Trinajstić information content (AvgIpc) is 3.26. The number of allylic oxidation sites excluding steroid dienone is 10. The largest absolute Gasteiger partial charge is 0.497 e. The van der Waals surface area contributed by atoms with E-state index in [1.54, 1.807) is 13.2 Å². The van der Waals surface area contributed by atoms with E-state index in [1.807, 2.05) is 49.5 Å². The molecular formula is C34H48FNO5S. The molecule has 0 unspecified atom stereocenters. The van der Waals surface area contributed by atoms with E-state index in [1.165, 1.54) is 22.8 Å². The molecule has 42 heavy (non-hydrogen) atoms. The Labute approximate surface area is 252 Å². The summed E-state index contributed by atoms with van der Waals surface area (Å²) >= 11 is 0. The number of carboxylic acid groups (broad SMARTS) is 1. The number of nitrogens with one attached hydrogen (secondary N) is 1. The number of hydrogen-bond acceptors (Lipinski definition) is 5. The minimum Gasteiger partial charge on any atom is -0.497 e. The molecule has 2 N–H and O–H groups in total. The van der Waals surface area contributed by atoms with Crippen LogP contribution in [-0.4, -0.2) is 44.7 Å². The predicted molar refractivity (Wildman–Crippen MR) is 172 cm³/mol. The zero-order valence-electron chi connectivity index (χ0n) is 25.8. The van der Waals surface area contributed by atoms with Crippen molar-refractivity contribution in [3.05, 3.63) is 101 Å². The zero-order chi connectivity index (χ0) is 31.4. The monoisotopic (exact) mass is 601 g/mol. The van der Waals surface area contributed by atoms with Gasteiger partial charge in [0.2, 0.25) is 0 Å². The van der Waals surface area contributed by atoms with Crippen LogP contribution in [0.15, 0.2) is 83.9 Å². The Morgan fingerprint density at radius 3 is 2.19 bits per heavy atom. The lowest BCUT2D eigenvalue weighted by Crippen LogP contribution is -2.12. The van der Waals surface area contributed by atoms with Gasteiger partial charge in [-0.05, 0) is 93.5 Å². The van der Waals surface area contributed by atoms with Crippen molar-refractivity contribution in [3.63, 3.8) is 0 Å². The molecular weight excluding hydrogens is 553 g/mol. The topological polar surface area (TPSA) is 92.7 Å². The van der Waals surface area contributed by atoms with Gasteiger partial charge in [0, 0.05) is 25.1 Å². The smallest absolute Gasteiger partial charge is 0.303 e. The Kier molecular flexibility index (Phi) is 17.9. The highest BCUT2D eigenvalue weighted by molar-refractivity contribution is 7.91. The molecule has 232 valence electrons. The van der Waals surface area contributed by atoms with Gasteiger partial charge in [0.05, 0.1) is 18.6 Å². The van der Waals surface area contributed by atoms with E-state index in [0.717, 1.165) is 37.1 Å². The standard InChI is InChI=1S/C18H22FNO2.C10H14O.C6H12O2S/c1-2-3-4-5-6-7-14-20-16-10-8-15(9-13-18(21)22)17(19)12-11-16;1-7-5-10(11-4)6-8(2)9(7)3;7-9(8)5-3-1-2-4-6-9/h2-8,10,12,20H,9,11,13-14H2,1H3,(H,21,22);5-6H,1-4H3;1-6H2/b3-2-,5-4-,7-6+;;. The summed E-state index contributed by atoms with van der Waals surface area (Å²) in [5.74, 6) is 0.543. The van der Waals surface area contributed by atoms with Crippen molar-refractivity contribution in [1.29, 1.82) is 0 Å². The Hall–Kier alpha value is -3.39. The van der Waals surface area contributed by atoms with Gasteiger partial charge in [-0.2, -0.15) is 0 Å². The average molecular weight is 602 g/mol. The van der Waals surface area contributed by atoms with Crippen molar-refractivity contribution in [2.75, 3.05) is 25.2 Å². The van der Waals surface area contributed by atoms with Crippen LogP contribution in [0.5, 0.6) is 5.75 Å². The number of carbonyl (C=O) groups is 1. The molecule has 3 rings (SSSR count). The number of aryl methyl sites for hydroxylation is 2. The fraction of sp³-hybridized carbons (Fsp3) is 0.441. The molecule has 0 bridgehead atoms. The van der Waals surface area contributed by atoms with Gasteiger partial charge < -0.3 is 15.2 Å². The molecule has 0 aromatic heterocycles. The fourth-order valence-electron chi connectivity index (χ4n) is 4.04. The third-order valence-electron chi connectivity index (χ3n) is 6.81. The number of carboxylic acids is 1. The number of ether oxygens (including phenoxy) is 1. The van der Waals surface area contributed by atoms with E-state index in [9.17, 15) is 17.6 Å². The van der Waals surface area contributed by atoms with E-state index >= 15 is 0 Å². The SMILES string of the molecule is COc1cc(C)c(C)c(C)c1.C\C=C/C=C\C=C\CNC1=CC=C(CCC(=O)O)C(F)=CC1.O=S1(=O)CCCCCC1. The van der Waals surface area contributed by atoms with Crippen molar-refractivity contribution in [2.24, 2.45) is 0 Å². The van der Waals surface area contributed by atoms with Crippen LogP contribution < -0.4 is 10.1 Å². The third kappa shape index (κ3) is 16.2. The second kappa shape index (κ2) is 20.5. The molecule has 1 heterocycles. The molecule has 1 saturated heterocycles. The fourth-order valence-corrected chi connectivity index (χ4v) is 5.54. The van der Waals surface area contributed by atoms with Crippen molar-refractivity contribution in [1.82, 2.24) is 5.32 Å². The first-order valence-corrected chi connectivity index (χ1v) is 16.3. The van der Waals surface area contributed by atoms with Gasteiger partial charge in [0.1, 0.15) is 21.4 Å². The van der Waals surface area contributed by atoms with Gasteiger partial charge in [0.15, 0.2) is 0 Å². The second-order valence-electron chi connectivity index (χ2n) is 10.2. The highest BCUT2D eigenvalue weighted by Gasteiger charge is 2.13. The summed E-state index contributed by atoms with van der Waals surface area (Å²) in [6.45, 7) is 8.94. The Morgan fingerprint density at radius 2 is 1.62 bits per heavy atom. The first kappa shape index (κ1) is 36.6. The van der Waals surface area contributed by atoms with Crippen LogP contribution in [0.25, 0.3) is 0 Å². The number of sulfone groups is 1. The molecule has 0 atom stereocenters. The van der Waals surface area contributed by atoms with Gasteiger partial charge in [-0.3, -0.25) is 4.79 Å². The van der Waals surface area contributed by atoms with Gasteiger partial charge in [0.25, 0.3) is 0 Å². The lowest BCUT2D eigenvalue weighted by atomic mass is 10.0. The quantitative estimate of drug-likeness (QED) is 0.281. The summed E-state index contributed by atoms with van der Waals surface area (Å²) in [5, 5.41) is 11.9. The van der Waals surface area contributed by atoms with E-state index in [-0.39, 0.29) is 18.7 Å². The third-order valence-corrected chi connectivity index (χ3v) is 8.63. The van der Waals surface area contributed by atoms with E-state index < -0.39 is 15.8 Å². The maximum atomic E-state index is 13.8. The molecule has 1 aromatic carbocycles. The van der Waals surface area contributed by atoms with Crippen molar-refractivity contribution >= 4 is 15.8 Å². The summed E-state index contributed by atoms with van der Waals surface area (Å²) in [5.41, 5.74) is 5.28. The van der Waals surface area contributed by atoms with Crippen LogP contribution in [0.2, 0.25) is 0 Å². The number of halogens is 1. The number of methoxy groups -OCH3 is 1. The van der Waals surface area contributed by atoms with E-state index in [2.05, 4.69) is 38.2 Å². The van der Waals surface area contributed by atoms with E-state index in [4.69, 9.17) is 9.84 Å². The van der Waals surface area contributed by atoms with Crippen molar-refractivity contribution in [3.8, 4) is 5.75 Å². The maximum Gasteiger partial charge on any atom is 0.303 e. The molecule has 8 heteroatoms. The van der Waals surface area contributed by atoms with Crippen molar-refractivity contribution < 1.29 is 27.4 Å². The van der Waals surface area contributed by atoms with Gasteiger partial charge in [-0.25, -0.2) is 12.8 Å². The first-order valence-electron chi connectivity index (χ1n) is 14.5. The summed E-state index contributed by atoms with van der Waals surface area (Å²) in [4.78, 5) is 10.6. The Balaban J connectivity index is 0.000000363. The summed E-state index contributed by atoms with van der Waals surface area (Å²) in [7, 11) is -0.921. The molecule has 2 aliphatic rings. The summed E-state index contributed by atoms with van der Waals surface area (Å²) < 4.78 is 40.7. The molecule has 1 aromatic rings. The normalized spacial score (nSPS) is 16.7. The maximum absolute atomic E-state index is 13.8. The lowest BCUT2D eigenvalue weighted by molar-refractivity contribution is -0.136. The second-order valence-corrected chi connectivity index (χ2v) is 12.5. The Morgan fingerprint density at radius 1 is 1.00 bits per heavy atom. The molecule has 1 aliphatic heterocycles. The molecule has 6 nitrogen and oxygen atoms in total. The first-order chi connectivity index (χ1) is 20.0. The van der Waals surface area contributed by atoms with Gasteiger partial charge >= 0.3 is 5.97 Å². The number of rotatable bonds is 9. The minimum absolute atomic E-state index is 0.0645. The highest BCUT2D eigenvalue weighted by atomic mass is 32.2. The summed E-state index contributed by atoms with van der Waals surface area (Å²) in [6.07, 6.45) is 21.2. The molecule has 0 saturated carbocycles. The number of hydrogen-bond donors (Lipinski definition) is 2. The molecule has 1 fully saturated rings. The highest BCUT2D eigenvalue weighted by Crippen LogP contribution is 2.22. The van der Waals surface area contributed by atoms with Crippen LogP contribution in [0.3, 0.4) is 0 Å². The molecule has 0 radical (unpaired) electrons. The van der Waals surface area contributed by atoms with Crippen LogP contribution in [0.4, 0.5) is 4.39 Å². The van der Waals surface area contributed by atoms with Crippen molar-refractivity contribution in [2.45, 2.75) is 72.6 Å².